The van der Waals surface area contributed by atoms with Crippen LogP contribution in [0.2, 0.25) is 0 Å². The van der Waals surface area contributed by atoms with Gasteiger partial charge in [0.15, 0.2) is 5.82 Å². The predicted octanol–water partition coefficient (Wildman–Crippen LogP) is 2.23. The Kier molecular flexibility index (Phi) is 2.85. The van der Waals surface area contributed by atoms with Gasteiger partial charge in [0.2, 0.25) is 0 Å². The van der Waals surface area contributed by atoms with Crippen molar-refractivity contribution >= 4 is 11.8 Å². The zero-order chi connectivity index (χ0) is 12.6. The molecule has 1 aliphatic rings. The molecule has 2 heterocycles. The number of hydrogen-bond acceptors (Lipinski definition) is 3. The quantitative estimate of drug-likeness (QED) is 0.752. The van der Waals surface area contributed by atoms with Gasteiger partial charge in [0.1, 0.15) is 5.76 Å². The Bertz CT molecular complexity index is 420. The molecule has 1 aromatic heterocycles. The van der Waals surface area contributed by atoms with E-state index in [-0.39, 0.29) is 11.4 Å². The Labute approximate surface area is 101 Å². The third-order valence-corrected chi connectivity index (χ3v) is 2.95. The fraction of sp³-hybridized carbons (Fsp3) is 0.667. The van der Waals surface area contributed by atoms with E-state index in [9.17, 15) is 4.79 Å². The molecule has 0 radical (unpaired) electrons. The van der Waals surface area contributed by atoms with Gasteiger partial charge in [-0.1, -0.05) is 25.9 Å². The summed E-state index contributed by atoms with van der Waals surface area (Å²) in [6.07, 6.45) is 0.958. The van der Waals surface area contributed by atoms with Crippen LogP contribution >= 0.6 is 0 Å². The summed E-state index contributed by atoms with van der Waals surface area (Å²) in [5.74, 6) is 1.42. The highest BCUT2D eigenvalue weighted by molar-refractivity contribution is 5.91. The molecule has 0 spiro atoms. The van der Waals surface area contributed by atoms with Crippen molar-refractivity contribution in [3.8, 4) is 0 Å². The second kappa shape index (κ2) is 4.05. The topological polar surface area (TPSA) is 49.6 Å². The molecular weight excluding hydrogens is 218 g/mol. The van der Waals surface area contributed by atoms with Gasteiger partial charge in [-0.25, -0.2) is 4.79 Å². The van der Waals surface area contributed by atoms with Crippen LogP contribution in [0.25, 0.3) is 0 Å². The molecule has 1 aromatic rings. The van der Waals surface area contributed by atoms with Crippen molar-refractivity contribution < 1.29 is 9.32 Å². The number of aromatic nitrogens is 1. The van der Waals surface area contributed by atoms with E-state index in [4.69, 9.17) is 4.52 Å². The highest BCUT2D eigenvalue weighted by Crippen LogP contribution is 2.27. The number of carbonyl (C=O) groups excluding carboxylic acids is 1. The van der Waals surface area contributed by atoms with Gasteiger partial charge < -0.3 is 9.42 Å². The van der Waals surface area contributed by atoms with Gasteiger partial charge in [0.05, 0.1) is 0 Å². The van der Waals surface area contributed by atoms with Crippen LogP contribution in [0.5, 0.6) is 0 Å². The third kappa shape index (κ3) is 2.28. The molecule has 5 heteroatoms. The van der Waals surface area contributed by atoms with Gasteiger partial charge in [-0.3, -0.25) is 4.90 Å². The van der Waals surface area contributed by atoms with E-state index in [0.29, 0.717) is 12.4 Å². The van der Waals surface area contributed by atoms with Gasteiger partial charge in [-0.2, -0.15) is 0 Å². The Morgan fingerprint density at radius 1 is 1.35 bits per heavy atom. The van der Waals surface area contributed by atoms with Gasteiger partial charge >= 0.3 is 6.03 Å². The van der Waals surface area contributed by atoms with Crippen molar-refractivity contribution in [1.29, 1.82) is 0 Å². The molecule has 1 fully saturated rings. The minimum Gasteiger partial charge on any atom is -0.359 e. The molecule has 0 saturated carbocycles. The number of urea groups is 1. The van der Waals surface area contributed by atoms with Gasteiger partial charge in [0, 0.05) is 31.6 Å². The smallest absolute Gasteiger partial charge is 0.325 e. The van der Waals surface area contributed by atoms with Crippen LogP contribution in [0.4, 0.5) is 10.6 Å². The zero-order valence-electron chi connectivity index (χ0n) is 10.9. The summed E-state index contributed by atoms with van der Waals surface area (Å²) in [5, 5.41) is 3.99. The fourth-order valence-corrected chi connectivity index (χ4v) is 1.82. The Morgan fingerprint density at radius 2 is 2.06 bits per heavy atom. The van der Waals surface area contributed by atoms with Crippen LogP contribution in [0, 0.1) is 0 Å². The van der Waals surface area contributed by atoms with Crippen LogP contribution in [-0.4, -0.2) is 36.2 Å². The van der Waals surface area contributed by atoms with Crippen LogP contribution < -0.4 is 4.90 Å². The molecule has 17 heavy (non-hydrogen) atoms. The minimum absolute atomic E-state index is 0.00925. The second-order valence-corrected chi connectivity index (χ2v) is 5.51. The first-order chi connectivity index (χ1) is 7.89. The number of nitrogens with zero attached hydrogens (tertiary/aromatic N) is 3. The molecule has 0 atom stereocenters. The molecule has 0 aliphatic carbocycles. The average Bonchev–Trinajstić information content (AvgIpc) is 2.70. The Hall–Kier alpha value is -1.52. The Morgan fingerprint density at radius 3 is 2.65 bits per heavy atom. The van der Waals surface area contributed by atoms with Crippen molar-refractivity contribution in [2.75, 3.05) is 25.0 Å². The maximum absolute atomic E-state index is 12.0. The van der Waals surface area contributed by atoms with Crippen molar-refractivity contribution in [1.82, 2.24) is 10.1 Å². The fourth-order valence-electron chi connectivity index (χ4n) is 1.82. The zero-order valence-corrected chi connectivity index (χ0v) is 10.9. The van der Waals surface area contributed by atoms with Crippen LogP contribution in [0.1, 0.15) is 33.0 Å². The molecule has 1 aliphatic heterocycles. The molecule has 0 N–H and O–H groups in total. The maximum atomic E-state index is 12.0. The lowest BCUT2D eigenvalue weighted by atomic mass is 9.93. The van der Waals surface area contributed by atoms with E-state index in [0.717, 1.165) is 18.7 Å². The van der Waals surface area contributed by atoms with Crippen LogP contribution in [-0.2, 0) is 5.41 Å². The summed E-state index contributed by atoms with van der Waals surface area (Å²) in [6.45, 7) is 7.68. The average molecular weight is 237 g/mol. The van der Waals surface area contributed by atoms with E-state index >= 15 is 0 Å². The number of hydrogen-bond donors (Lipinski definition) is 0. The highest BCUT2D eigenvalue weighted by atomic mass is 16.5. The largest absolute Gasteiger partial charge is 0.359 e. The summed E-state index contributed by atoms with van der Waals surface area (Å²) in [5.41, 5.74) is -0.0873. The molecule has 0 aromatic carbocycles. The first-order valence-corrected chi connectivity index (χ1v) is 5.89. The number of carbonyl (C=O) groups is 1. The van der Waals surface area contributed by atoms with Crippen LogP contribution in [0.15, 0.2) is 10.6 Å². The van der Waals surface area contributed by atoms with Crippen molar-refractivity contribution in [3.63, 3.8) is 0 Å². The minimum atomic E-state index is -0.0873. The molecule has 0 bridgehead atoms. The lowest BCUT2D eigenvalue weighted by Gasteiger charge is -2.31. The molecule has 94 valence electrons. The van der Waals surface area contributed by atoms with E-state index in [1.54, 1.807) is 16.8 Å². The van der Waals surface area contributed by atoms with Crippen molar-refractivity contribution in [2.45, 2.75) is 32.6 Å². The van der Waals surface area contributed by atoms with E-state index in [2.05, 4.69) is 25.9 Å². The lowest BCUT2D eigenvalue weighted by molar-refractivity contribution is 0.206. The van der Waals surface area contributed by atoms with Crippen molar-refractivity contribution in [2.24, 2.45) is 0 Å². The third-order valence-electron chi connectivity index (χ3n) is 2.95. The normalized spacial score (nSPS) is 17.8. The standard InChI is InChI=1S/C12H19N3O2/c1-12(2,3)9-8-10(13-17-9)15-7-5-6-14(4)11(15)16/h8H,5-7H2,1-4H3. The summed E-state index contributed by atoms with van der Waals surface area (Å²) >= 11 is 0. The predicted molar refractivity (Wildman–Crippen MR) is 65.2 cm³/mol. The van der Waals surface area contributed by atoms with Gasteiger partial charge in [0.25, 0.3) is 0 Å². The molecular formula is C12H19N3O2. The SMILES string of the molecule is CN1CCCN(c2cc(C(C)(C)C)on2)C1=O. The van der Waals surface area contributed by atoms with E-state index < -0.39 is 0 Å². The van der Waals surface area contributed by atoms with Gasteiger partial charge in [-0.05, 0) is 6.42 Å². The summed E-state index contributed by atoms with van der Waals surface area (Å²) in [6, 6.07) is 1.85. The molecule has 5 nitrogen and oxygen atoms in total. The molecule has 0 unspecified atom stereocenters. The van der Waals surface area contributed by atoms with Crippen LogP contribution in [0.3, 0.4) is 0 Å². The first-order valence-electron chi connectivity index (χ1n) is 5.89. The highest BCUT2D eigenvalue weighted by Gasteiger charge is 2.28. The maximum Gasteiger partial charge on any atom is 0.325 e. The second-order valence-electron chi connectivity index (χ2n) is 5.51. The summed E-state index contributed by atoms with van der Waals surface area (Å²) in [7, 11) is 1.80. The van der Waals surface area contributed by atoms with Crippen molar-refractivity contribution in [3.05, 3.63) is 11.8 Å². The summed E-state index contributed by atoms with van der Waals surface area (Å²) < 4.78 is 5.30. The lowest BCUT2D eigenvalue weighted by Crippen LogP contribution is -2.47. The van der Waals surface area contributed by atoms with Gasteiger partial charge in [-0.15, -0.1) is 0 Å². The first kappa shape index (κ1) is 12.0. The van der Waals surface area contributed by atoms with E-state index in [1.165, 1.54) is 0 Å². The molecule has 2 rings (SSSR count). The Balaban J connectivity index is 2.23. The molecule has 1 saturated heterocycles. The number of anilines is 1. The summed E-state index contributed by atoms with van der Waals surface area (Å²) in [4.78, 5) is 15.3. The molecule has 2 amide bonds. The monoisotopic (exact) mass is 237 g/mol. The number of amides is 2. The van der Waals surface area contributed by atoms with E-state index in [1.807, 2.05) is 6.07 Å². The number of rotatable bonds is 1.